The van der Waals surface area contributed by atoms with Gasteiger partial charge in [-0.25, -0.2) is 0 Å². The Balaban J connectivity index is 1.67. The Morgan fingerprint density at radius 2 is 0.710 bits per heavy atom. The molecule has 0 radical (unpaired) electrons. The molecule has 31 heavy (non-hydrogen) atoms. The molecule has 5 rings (SSSR count). The molecule has 1 heterocycles. The van der Waals surface area contributed by atoms with Crippen molar-refractivity contribution in [2.45, 2.75) is 23.9 Å². The Morgan fingerprint density at radius 1 is 0.419 bits per heavy atom. The van der Waals surface area contributed by atoms with Crippen LogP contribution in [0, 0.1) is 0 Å². The van der Waals surface area contributed by atoms with Gasteiger partial charge in [0.1, 0.15) is 0 Å². The van der Waals surface area contributed by atoms with Gasteiger partial charge < -0.3 is 5.32 Å². The van der Waals surface area contributed by atoms with Crippen LogP contribution in [-0.4, -0.2) is 5.78 Å². The maximum atomic E-state index is 14.3. The molecule has 1 aliphatic rings. The van der Waals surface area contributed by atoms with E-state index in [2.05, 4.69) is 53.8 Å². The lowest BCUT2D eigenvalue weighted by Gasteiger charge is -2.42. The molecule has 1 aliphatic heterocycles. The molecule has 4 aromatic carbocycles. The van der Waals surface area contributed by atoms with Crippen LogP contribution in [0.5, 0.6) is 0 Å². The molecule has 2 heteroatoms. The van der Waals surface area contributed by atoms with E-state index in [0.29, 0.717) is 0 Å². The fraction of sp³-hybridized carbons (Fsp3) is 0.138. The molecule has 0 aromatic heterocycles. The second-order valence-electron chi connectivity index (χ2n) is 8.12. The van der Waals surface area contributed by atoms with Gasteiger partial charge in [0, 0.05) is 12.1 Å². The number of nitrogens with one attached hydrogen (secondary N) is 1. The summed E-state index contributed by atoms with van der Waals surface area (Å²) in [6.07, 6.45) is 0. The topological polar surface area (TPSA) is 29.1 Å². The van der Waals surface area contributed by atoms with E-state index in [-0.39, 0.29) is 29.7 Å². The van der Waals surface area contributed by atoms with E-state index in [1.165, 1.54) is 0 Å². The Bertz CT molecular complexity index is 1040. The summed E-state index contributed by atoms with van der Waals surface area (Å²) in [5, 5.41) is 3.89. The summed E-state index contributed by atoms with van der Waals surface area (Å²) in [7, 11) is 0. The SMILES string of the molecule is O=C1[C@@H](c2ccccc2)[C@@H](c2ccccc2)N[C@H](c2ccccc2)[C@@H]1c1ccccc1. The predicted molar refractivity (Wildman–Crippen MR) is 125 cm³/mol. The first kappa shape index (κ1) is 19.5. The highest BCUT2D eigenvalue weighted by Crippen LogP contribution is 2.47. The van der Waals surface area contributed by atoms with Crippen LogP contribution >= 0.6 is 0 Å². The van der Waals surface area contributed by atoms with Crippen molar-refractivity contribution in [2.75, 3.05) is 0 Å². The molecule has 0 unspecified atom stereocenters. The van der Waals surface area contributed by atoms with Gasteiger partial charge >= 0.3 is 0 Å². The van der Waals surface area contributed by atoms with Gasteiger partial charge in [-0.1, -0.05) is 121 Å². The summed E-state index contributed by atoms with van der Waals surface area (Å²) < 4.78 is 0. The number of Topliss-reactive ketones (excluding diaryl/α,β-unsaturated/α-hetero) is 1. The fourth-order valence-electron chi connectivity index (χ4n) is 4.84. The first-order valence-electron chi connectivity index (χ1n) is 10.8. The summed E-state index contributed by atoms with van der Waals surface area (Å²) in [6.45, 7) is 0. The van der Waals surface area contributed by atoms with Crippen LogP contribution in [0.2, 0.25) is 0 Å². The fourth-order valence-corrected chi connectivity index (χ4v) is 4.84. The Kier molecular flexibility index (Phi) is 5.47. The Labute approximate surface area is 183 Å². The summed E-state index contributed by atoms with van der Waals surface area (Å²) >= 11 is 0. The Morgan fingerprint density at radius 3 is 1.03 bits per heavy atom. The van der Waals surface area contributed by atoms with Crippen LogP contribution in [0.15, 0.2) is 121 Å². The van der Waals surface area contributed by atoms with Gasteiger partial charge in [0.15, 0.2) is 5.78 Å². The van der Waals surface area contributed by atoms with E-state index < -0.39 is 0 Å². The minimum absolute atomic E-state index is 0.0960. The van der Waals surface area contributed by atoms with Gasteiger partial charge in [-0.2, -0.15) is 0 Å². The van der Waals surface area contributed by atoms with E-state index in [4.69, 9.17) is 0 Å². The second kappa shape index (κ2) is 8.71. The normalized spacial score (nSPS) is 23.4. The number of rotatable bonds is 4. The van der Waals surface area contributed by atoms with Crippen molar-refractivity contribution in [3.05, 3.63) is 144 Å². The molecule has 1 N–H and O–H groups in total. The van der Waals surface area contributed by atoms with E-state index in [1.807, 2.05) is 72.8 Å². The minimum Gasteiger partial charge on any atom is -0.301 e. The molecular formula is C29H25NO. The molecule has 0 saturated carbocycles. The lowest BCUT2D eigenvalue weighted by atomic mass is 9.70. The number of ketones is 1. The summed E-state index contributed by atoms with van der Waals surface area (Å²) in [6, 6.07) is 40.9. The van der Waals surface area contributed by atoms with Gasteiger partial charge in [0.25, 0.3) is 0 Å². The van der Waals surface area contributed by atoms with Crippen LogP contribution < -0.4 is 5.32 Å². The molecule has 4 aromatic rings. The van der Waals surface area contributed by atoms with Crippen LogP contribution in [0.25, 0.3) is 0 Å². The lowest BCUT2D eigenvalue weighted by molar-refractivity contribution is -0.125. The van der Waals surface area contributed by atoms with E-state index in [9.17, 15) is 4.79 Å². The van der Waals surface area contributed by atoms with Crippen LogP contribution in [0.4, 0.5) is 0 Å². The third kappa shape index (κ3) is 3.83. The number of hydrogen-bond donors (Lipinski definition) is 1. The molecule has 0 amide bonds. The molecule has 0 bridgehead atoms. The predicted octanol–water partition coefficient (Wildman–Crippen LogP) is 6.21. The largest absolute Gasteiger partial charge is 0.301 e. The number of benzene rings is 4. The smallest absolute Gasteiger partial charge is 0.151 e. The van der Waals surface area contributed by atoms with Crippen molar-refractivity contribution in [3.8, 4) is 0 Å². The average Bonchev–Trinajstić information content (AvgIpc) is 2.85. The highest BCUT2D eigenvalue weighted by molar-refractivity contribution is 5.94. The monoisotopic (exact) mass is 403 g/mol. The standard InChI is InChI=1S/C29H25NO/c31-29-25(21-13-5-1-6-14-21)27(23-17-9-3-10-18-23)30-28(24-19-11-4-12-20-24)26(29)22-15-7-2-8-16-22/h1-20,25-28,30H/t25-,26-,27+,28+/m0/s1. The average molecular weight is 404 g/mol. The third-order valence-corrected chi connectivity index (χ3v) is 6.27. The van der Waals surface area contributed by atoms with Gasteiger partial charge in [-0.05, 0) is 22.3 Å². The number of hydrogen-bond acceptors (Lipinski definition) is 2. The first-order chi connectivity index (χ1) is 15.3. The quantitative estimate of drug-likeness (QED) is 0.439. The van der Waals surface area contributed by atoms with Crippen molar-refractivity contribution < 1.29 is 4.79 Å². The van der Waals surface area contributed by atoms with Crippen molar-refractivity contribution in [1.82, 2.24) is 5.32 Å². The minimum atomic E-state index is -0.256. The summed E-state index contributed by atoms with van der Waals surface area (Å²) in [4.78, 5) is 14.3. The molecule has 4 atom stereocenters. The zero-order valence-corrected chi connectivity index (χ0v) is 17.3. The van der Waals surface area contributed by atoms with Crippen molar-refractivity contribution in [3.63, 3.8) is 0 Å². The van der Waals surface area contributed by atoms with Gasteiger partial charge in [-0.15, -0.1) is 0 Å². The maximum absolute atomic E-state index is 14.3. The molecule has 1 fully saturated rings. The summed E-state index contributed by atoms with van der Waals surface area (Å²) in [5.74, 6) is -0.249. The van der Waals surface area contributed by atoms with Gasteiger partial charge in [0.05, 0.1) is 11.8 Å². The molecule has 1 saturated heterocycles. The van der Waals surface area contributed by atoms with E-state index in [0.717, 1.165) is 22.3 Å². The second-order valence-corrected chi connectivity index (χ2v) is 8.12. The van der Waals surface area contributed by atoms with E-state index >= 15 is 0 Å². The third-order valence-electron chi connectivity index (χ3n) is 6.27. The molecule has 152 valence electrons. The first-order valence-corrected chi connectivity index (χ1v) is 10.8. The zero-order valence-electron chi connectivity index (χ0n) is 17.3. The molecule has 0 spiro atoms. The van der Waals surface area contributed by atoms with Gasteiger partial charge in [-0.3, -0.25) is 4.79 Å². The number of carbonyl (C=O) groups is 1. The van der Waals surface area contributed by atoms with Gasteiger partial charge in [0.2, 0.25) is 0 Å². The summed E-state index contributed by atoms with van der Waals surface area (Å²) in [5.41, 5.74) is 4.39. The van der Waals surface area contributed by atoms with Crippen LogP contribution in [0.1, 0.15) is 46.2 Å². The van der Waals surface area contributed by atoms with Crippen LogP contribution in [-0.2, 0) is 4.79 Å². The molecule has 0 aliphatic carbocycles. The molecular weight excluding hydrogens is 378 g/mol. The van der Waals surface area contributed by atoms with Crippen molar-refractivity contribution >= 4 is 5.78 Å². The lowest BCUT2D eigenvalue weighted by Crippen LogP contribution is -2.46. The van der Waals surface area contributed by atoms with Crippen molar-refractivity contribution in [1.29, 1.82) is 0 Å². The highest BCUT2D eigenvalue weighted by atomic mass is 16.1. The highest BCUT2D eigenvalue weighted by Gasteiger charge is 2.45. The van der Waals surface area contributed by atoms with E-state index in [1.54, 1.807) is 0 Å². The number of piperidine rings is 1. The molecule has 2 nitrogen and oxygen atoms in total. The van der Waals surface area contributed by atoms with Crippen molar-refractivity contribution in [2.24, 2.45) is 0 Å². The maximum Gasteiger partial charge on any atom is 0.151 e. The number of carbonyl (C=O) groups excluding carboxylic acids is 1. The van der Waals surface area contributed by atoms with Crippen LogP contribution in [0.3, 0.4) is 0 Å². The Hall–Kier alpha value is -3.49. The zero-order chi connectivity index (χ0) is 21.0.